The van der Waals surface area contributed by atoms with Crippen molar-refractivity contribution >= 4 is 11.8 Å². The van der Waals surface area contributed by atoms with Crippen molar-refractivity contribution < 1.29 is 23.4 Å². The highest BCUT2D eigenvalue weighted by molar-refractivity contribution is 5.92. The predicted molar refractivity (Wildman–Crippen MR) is 56.8 cm³/mol. The first kappa shape index (κ1) is 11.9. The fourth-order valence-electron chi connectivity index (χ4n) is 1.14. The molecule has 0 radical (unpaired) electrons. The van der Waals surface area contributed by atoms with E-state index >= 15 is 0 Å². The van der Waals surface area contributed by atoms with Gasteiger partial charge in [0.2, 0.25) is 11.7 Å². The van der Waals surface area contributed by atoms with Crippen molar-refractivity contribution in [1.29, 1.82) is 0 Å². The van der Waals surface area contributed by atoms with E-state index in [0.29, 0.717) is 11.5 Å². The van der Waals surface area contributed by atoms with Gasteiger partial charge in [0.1, 0.15) is 0 Å². The molecule has 2 heterocycles. The van der Waals surface area contributed by atoms with Crippen molar-refractivity contribution in [2.75, 3.05) is 6.61 Å². The molecule has 3 N–H and O–H groups in total. The van der Waals surface area contributed by atoms with Crippen LogP contribution in [-0.4, -0.2) is 23.6 Å². The summed E-state index contributed by atoms with van der Waals surface area (Å²) in [5.74, 6) is -0.607. The third-order valence-electron chi connectivity index (χ3n) is 1.89. The summed E-state index contributed by atoms with van der Waals surface area (Å²) in [5, 5.41) is 3.53. The first-order chi connectivity index (χ1) is 8.66. The second-order valence-corrected chi connectivity index (χ2v) is 3.24. The molecule has 0 bridgehead atoms. The molecule has 0 aliphatic heterocycles. The van der Waals surface area contributed by atoms with Gasteiger partial charge >= 0.3 is 0 Å². The minimum Gasteiger partial charge on any atom is -0.461 e. The van der Waals surface area contributed by atoms with Crippen molar-refractivity contribution in [1.82, 2.24) is 10.6 Å². The summed E-state index contributed by atoms with van der Waals surface area (Å²) in [4.78, 5) is 26.4. The van der Waals surface area contributed by atoms with Gasteiger partial charge in [-0.25, -0.2) is 5.48 Å². The van der Waals surface area contributed by atoms with Crippen LogP contribution in [0.2, 0.25) is 0 Å². The smallest absolute Gasteiger partial charge is 0.297 e. The Morgan fingerprint density at radius 3 is 2.94 bits per heavy atom. The Bertz CT molecular complexity index is 546. The molecule has 8 heteroatoms. The average molecular weight is 251 g/mol. The van der Waals surface area contributed by atoms with Crippen LogP contribution in [0.25, 0.3) is 11.5 Å². The van der Waals surface area contributed by atoms with Crippen LogP contribution in [0, 0.1) is 0 Å². The van der Waals surface area contributed by atoms with E-state index in [2.05, 4.69) is 9.99 Å². The molecule has 0 aliphatic rings. The van der Waals surface area contributed by atoms with E-state index in [0.717, 1.165) is 0 Å². The van der Waals surface area contributed by atoms with Crippen LogP contribution in [0.4, 0.5) is 0 Å². The summed E-state index contributed by atoms with van der Waals surface area (Å²) in [5.41, 5.74) is 6.81. The maximum atomic E-state index is 11.5. The Morgan fingerprint density at radius 2 is 2.28 bits per heavy atom. The molecule has 94 valence electrons. The summed E-state index contributed by atoms with van der Waals surface area (Å²) in [6.07, 6.45) is 1.47. The maximum absolute atomic E-state index is 11.5. The molecule has 2 rings (SSSR count). The second-order valence-electron chi connectivity index (χ2n) is 3.24. The topological polar surface area (TPSA) is 121 Å². The number of carbonyl (C=O) groups is 2. The largest absolute Gasteiger partial charge is 0.461 e. The third kappa shape index (κ3) is 2.74. The van der Waals surface area contributed by atoms with Gasteiger partial charge in [-0.1, -0.05) is 5.16 Å². The van der Waals surface area contributed by atoms with Crippen molar-refractivity contribution in [2.24, 2.45) is 5.73 Å². The highest BCUT2D eigenvalue weighted by Gasteiger charge is 2.15. The summed E-state index contributed by atoms with van der Waals surface area (Å²) < 4.78 is 9.97. The Hall–Kier alpha value is -2.61. The molecule has 2 aromatic rings. The van der Waals surface area contributed by atoms with Gasteiger partial charge in [0.25, 0.3) is 5.91 Å². The highest BCUT2D eigenvalue weighted by Crippen LogP contribution is 2.20. The number of nitrogens with two attached hydrogens (primary N) is 1. The van der Waals surface area contributed by atoms with Crippen molar-refractivity contribution in [2.45, 2.75) is 0 Å². The number of hydroxylamine groups is 1. The number of carbonyl (C=O) groups excluding carboxylic acids is 2. The zero-order chi connectivity index (χ0) is 13.0. The molecule has 0 saturated carbocycles. The van der Waals surface area contributed by atoms with E-state index in [1.165, 1.54) is 12.3 Å². The summed E-state index contributed by atoms with van der Waals surface area (Å²) in [6.45, 7) is -0.422. The van der Waals surface area contributed by atoms with Gasteiger partial charge < -0.3 is 14.7 Å². The molecule has 0 unspecified atom stereocenters. The lowest BCUT2D eigenvalue weighted by Crippen LogP contribution is -2.29. The number of aromatic nitrogens is 1. The zero-order valence-electron chi connectivity index (χ0n) is 9.08. The molecule has 8 nitrogen and oxygen atoms in total. The summed E-state index contributed by atoms with van der Waals surface area (Å²) >= 11 is 0. The standard InChI is InChI=1S/C10H9N3O5/c11-9(14)5-17-13-10(15)6-4-8(18-12-6)7-2-1-3-16-7/h1-4H,5H2,(H2,11,14)(H,13,15). The van der Waals surface area contributed by atoms with Crippen molar-refractivity contribution in [3.8, 4) is 11.5 Å². The SMILES string of the molecule is NC(=O)CONC(=O)c1cc(-c2ccco2)on1. The minimum absolute atomic E-state index is 0.00845. The normalized spacial score (nSPS) is 10.2. The molecule has 18 heavy (non-hydrogen) atoms. The molecule has 2 amide bonds. The Kier molecular flexibility index (Phi) is 3.39. The predicted octanol–water partition coefficient (Wildman–Crippen LogP) is 0.0813. The number of amides is 2. The molecular formula is C10H9N3O5. The van der Waals surface area contributed by atoms with E-state index in [9.17, 15) is 9.59 Å². The third-order valence-corrected chi connectivity index (χ3v) is 1.89. The quantitative estimate of drug-likeness (QED) is 0.726. The maximum Gasteiger partial charge on any atom is 0.297 e. The van der Waals surface area contributed by atoms with E-state index in [1.54, 1.807) is 12.1 Å². The lowest BCUT2D eigenvalue weighted by atomic mass is 10.3. The summed E-state index contributed by atoms with van der Waals surface area (Å²) in [7, 11) is 0. The molecule has 0 fully saturated rings. The van der Waals surface area contributed by atoms with Crippen LogP contribution in [0.1, 0.15) is 10.5 Å². The lowest BCUT2D eigenvalue weighted by Gasteiger charge is -1.99. The van der Waals surface area contributed by atoms with Crippen LogP contribution in [0.3, 0.4) is 0 Å². The second kappa shape index (κ2) is 5.15. The molecule has 0 saturated heterocycles. The minimum atomic E-state index is -0.702. The van der Waals surface area contributed by atoms with Gasteiger partial charge in [-0.15, -0.1) is 0 Å². The Labute approximate surface area is 101 Å². The molecular weight excluding hydrogens is 242 g/mol. The van der Waals surface area contributed by atoms with E-state index < -0.39 is 18.4 Å². The molecule has 0 aromatic carbocycles. The fourth-order valence-corrected chi connectivity index (χ4v) is 1.14. The number of hydrogen-bond donors (Lipinski definition) is 2. The van der Waals surface area contributed by atoms with Crippen LogP contribution in [-0.2, 0) is 9.63 Å². The monoisotopic (exact) mass is 251 g/mol. The first-order valence-corrected chi connectivity index (χ1v) is 4.88. The summed E-state index contributed by atoms with van der Waals surface area (Å²) in [6, 6.07) is 4.71. The van der Waals surface area contributed by atoms with Gasteiger partial charge in [-0.2, -0.15) is 0 Å². The van der Waals surface area contributed by atoms with Gasteiger partial charge in [0.15, 0.2) is 18.1 Å². The fraction of sp³-hybridized carbons (Fsp3) is 0.100. The Morgan fingerprint density at radius 1 is 1.44 bits per heavy atom. The van der Waals surface area contributed by atoms with Crippen LogP contribution in [0.5, 0.6) is 0 Å². The van der Waals surface area contributed by atoms with Gasteiger partial charge in [0.05, 0.1) is 6.26 Å². The van der Waals surface area contributed by atoms with E-state index in [1.807, 2.05) is 5.48 Å². The van der Waals surface area contributed by atoms with Gasteiger partial charge in [-0.3, -0.25) is 14.4 Å². The van der Waals surface area contributed by atoms with E-state index in [4.69, 9.17) is 14.7 Å². The number of nitrogens with one attached hydrogen (secondary N) is 1. The number of hydrogen-bond acceptors (Lipinski definition) is 6. The van der Waals surface area contributed by atoms with Crippen molar-refractivity contribution in [3.63, 3.8) is 0 Å². The van der Waals surface area contributed by atoms with Crippen molar-refractivity contribution in [3.05, 3.63) is 30.2 Å². The van der Waals surface area contributed by atoms with E-state index in [-0.39, 0.29) is 5.69 Å². The number of furan rings is 1. The zero-order valence-corrected chi connectivity index (χ0v) is 9.08. The highest BCUT2D eigenvalue weighted by atomic mass is 16.7. The van der Waals surface area contributed by atoms with Crippen LogP contribution < -0.4 is 11.2 Å². The number of primary amides is 1. The first-order valence-electron chi connectivity index (χ1n) is 4.88. The molecule has 2 aromatic heterocycles. The van der Waals surface area contributed by atoms with Gasteiger partial charge in [-0.05, 0) is 12.1 Å². The Balaban J connectivity index is 1.97. The number of nitrogens with zero attached hydrogens (tertiary/aromatic N) is 1. The van der Waals surface area contributed by atoms with Gasteiger partial charge in [0, 0.05) is 6.07 Å². The van der Waals surface area contributed by atoms with Crippen LogP contribution >= 0.6 is 0 Å². The molecule has 0 spiro atoms. The van der Waals surface area contributed by atoms with Crippen LogP contribution in [0.15, 0.2) is 33.4 Å². The molecule has 0 aliphatic carbocycles. The molecule has 0 atom stereocenters. The average Bonchev–Trinajstić information content (AvgIpc) is 2.99. The number of rotatable bonds is 5. The lowest BCUT2D eigenvalue weighted by molar-refractivity contribution is -0.124.